The van der Waals surface area contributed by atoms with Crippen molar-refractivity contribution < 1.29 is 9.18 Å². The molecule has 70 valence electrons. The summed E-state index contributed by atoms with van der Waals surface area (Å²) >= 11 is 0. The van der Waals surface area contributed by atoms with Crippen molar-refractivity contribution in [1.29, 1.82) is 0 Å². The maximum absolute atomic E-state index is 11.9. The summed E-state index contributed by atoms with van der Waals surface area (Å²) in [6.07, 6.45) is 2.74. The Labute approximate surface area is 75.1 Å². The quantitative estimate of drug-likeness (QED) is 0.707. The zero-order valence-corrected chi connectivity index (χ0v) is 7.03. The molecule has 0 aliphatic rings. The number of carbonyl (C=O) groups is 1. The summed E-state index contributed by atoms with van der Waals surface area (Å²) < 4.78 is 13.3. The van der Waals surface area contributed by atoms with Gasteiger partial charge in [-0.15, -0.1) is 0 Å². The van der Waals surface area contributed by atoms with Gasteiger partial charge < -0.3 is 5.32 Å². The van der Waals surface area contributed by atoms with E-state index in [9.17, 15) is 9.18 Å². The minimum absolute atomic E-state index is 0.198. The molecule has 1 aromatic rings. The third kappa shape index (κ3) is 2.70. The van der Waals surface area contributed by atoms with E-state index < -0.39 is 6.67 Å². The summed E-state index contributed by atoms with van der Waals surface area (Å²) in [6, 6.07) is 1.59. The molecule has 1 rings (SSSR count). The van der Waals surface area contributed by atoms with Gasteiger partial charge in [0.2, 0.25) is 5.91 Å². The molecule has 0 aliphatic heterocycles. The fourth-order valence-corrected chi connectivity index (χ4v) is 0.817. The second kappa shape index (κ2) is 4.39. The van der Waals surface area contributed by atoms with Gasteiger partial charge in [0.15, 0.2) is 5.82 Å². The van der Waals surface area contributed by atoms with Crippen LogP contribution < -0.4 is 5.32 Å². The second-order valence-electron chi connectivity index (χ2n) is 2.35. The predicted molar refractivity (Wildman–Crippen MR) is 47.0 cm³/mol. The highest BCUT2D eigenvalue weighted by molar-refractivity contribution is 5.98. The van der Waals surface area contributed by atoms with Crippen LogP contribution in [-0.4, -0.2) is 22.4 Å². The average Bonchev–Trinajstić information content (AvgIpc) is 2.53. The van der Waals surface area contributed by atoms with E-state index in [1.165, 1.54) is 4.68 Å². The van der Waals surface area contributed by atoms with E-state index in [0.717, 1.165) is 6.08 Å². The molecule has 5 heteroatoms. The first-order valence-corrected chi connectivity index (χ1v) is 3.79. The Hall–Kier alpha value is -1.65. The van der Waals surface area contributed by atoms with E-state index in [-0.39, 0.29) is 12.5 Å². The van der Waals surface area contributed by atoms with Crippen molar-refractivity contribution >= 4 is 11.7 Å². The number of anilines is 1. The first kappa shape index (κ1) is 9.44. The monoisotopic (exact) mass is 183 g/mol. The van der Waals surface area contributed by atoms with Crippen LogP contribution in [0.2, 0.25) is 0 Å². The zero-order chi connectivity index (χ0) is 9.68. The van der Waals surface area contributed by atoms with Gasteiger partial charge in [-0.1, -0.05) is 6.58 Å². The van der Waals surface area contributed by atoms with Gasteiger partial charge >= 0.3 is 0 Å². The maximum Gasteiger partial charge on any atom is 0.248 e. The van der Waals surface area contributed by atoms with Gasteiger partial charge in [-0.05, 0) is 6.08 Å². The number of alkyl halides is 1. The molecule has 1 heterocycles. The number of aryl methyl sites for hydroxylation is 1. The third-order valence-corrected chi connectivity index (χ3v) is 1.39. The lowest BCUT2D eigenvalue weighted by Gasteiger charge is -1.96. The molecule has 0 aliphatic carbocycles. The molecule has 0 aromatic carbocycles. The molecular weight excluding hydrogens is 173 g/mol. The summed E-state index contributed by atoms with van der Waals surface area (Å²) in [5.41, 5.74) is 0. The van der Waals surface area contributed by atoms with E-state index >= 15 is 0 Å². The summed E-state index contributed by atoms with van der Waals surface area (Å²) in [4.78, 5) is 10.8. The molecule has 0 atom stereocenters. The van der Waals surface area contributed by atoms with Crippen LogP contribution in [0.4, 0.5) is 10.2 Å². The van der Waals surface area contributed by atoms with E-state index in [4.69, 9.17) is 0 Å². The number of carbonyl (C=O) groups excluding carboxylic acids is 1. The molecule has 0 fully saturated rings. The lowest BCUT2D eigenvalue weighted by atomic mass is 10.5. The van der Waals surface area contributed by atoms with Gasteiger partial charge in [-0.3, -0.25) is 9.48 Å². The smallest absolute Gasteiger partial charge is 0.248 e. The first-order chi connectivity index (χ1) is 6.26. The number of aromatic nitrogens is 2. The van der Waals surface area contributed by atoms with Crippen LogP contribution in [0.1, 0.15) is 0 Å². The molecule has 0 unspecified atom stereocenters. The lowest BCUT2D eigenvalue weighted by Crippen LogP contribution is -2.08. The van der Waals surface area contributed by atoms with Crippen molar-refractivity contribution in [2.45, 2.75) is 6.54 Å². The van der Waals surface area contributed by atoms with Crippen molar-refractivity contribution in [1.82, 2.24) is 9.78 Å². The third-order valence-electron chi connectivity index (χ3n) is 1.39. The van der Waals surface area contributed by atoms with E-state index in [1.807, 2.05) is 0 Å². The number of rotatable bonds is 4. The van der Waals surface area contributed by atoms with Gasteiger partial charge in [0.1, 0.15) is 6.67 Å². The summed E-state index contributed by atoms with van der Waals surface area (Å²) in [5.74, 6) is 0.0730. The fraction of sp³-hybridized carbons (Fsp3) is 0.250. The lowest BCUT2D eigenvalue weighted by molar-refractivity contribution is -0.111. The highest BCUT2D eigenvalue weighted by Crippen LogP contribution is 2.01. The minimum atomic E-state index is -0.476. The molecule has 4 nitrogen and oxygen atoms in total. The maximum atomic E-state index is 11.9. The van der Waals surface area contributed by atoms with Gasteiger partial charge in [-0.25, -0.2) is 4.39 Å². The van der Waals surface area contributed by atoms with Crippen molar-refractivity contribution in [2.24, 2.45) is 0 Å². The Morgan fingerprint density at radius 1 is 1.85 bits per heavy atom. The van der Waals surface area contributed by atoms with E-state index in [0.29, 0.717) is 5.82 Å². The molecule has 0 radical (unpaired) electrons. The summed E-state index contributed by atoms with van der Waals surface area (Å²) in [6.45, 7) is 3.02. The van der Waals surface area contributed by atoms with Crippen LogP contribution in [0.5, 0.6) is 0 Å². The molecule has 0 spiro atoms. The number of hydrogen-bond acceptors (Lipinski definition) is 2. The Morgan fingerprint density at radius 3 is 3.23 bits per heavy atom. The Balaban J connectivity index is 2.58. The molecule has 1 aromatic heterocycles. The average molecular weight is 183 g/mol. The Kier molecular flexibility index (Phi) is 3.19. The largest absolute Gasteiger partial charge is 0.306 e. The number of hydrogen-bond donors (Lipinski definition) is 1. The molecule has 1 amide bonds. The normalized spacial score (nSPS) is 9.62. The molecule has 0 bridgehead atoms. The molecular formula is C8H10FN3O. The predicted octanol–water partition coefficient (Wildman–Crippen LogP) is 0.977. The molecule has 13 heavy (non-hydrogen) atoms. The Morgan fingerprint density at radius 2 is 2.62 bits per heavy atom. The highest BCUT2D eigenvalue weighted by atomic mass is 19.1. The van der Waals surface area contributed by atoms with Crippen LogP contribution in [0.15, 0.2) is 24.9 Å². The van der Waals surface area contributed by atoms with Crippen LogP contribution in [0.25, 0.3) is 0 Å². The van der Waals surface area contributed by atoms with Crippen LogP contribution >= 0.6 is 0 Å². The molecule has 0 saturated carbocycles. The minimum Gasteiger partial charge on any atom is -0.306 e. The van der Waals surface area contributed by atoms with Crippen LogP contribution in [0, 0.1) is 0 Å². The fourth-order valence-electron chi connectivity index (χ4n) is 0.817. The topological polar surface area (TPSA) is 46.9 Å². The van der Waals surface area contributed by atoms with Gasteiger partial charge in [-0.2, -0.15) is 5.10 Å². The van der Waals surface area contributed by atoms with Gasteiger partial charge in [0, 0.05) is 12.3 Å². The van der Waals surface area contributed by atoms with Crippen molar-refractivity contribution in [2.75, 3.05) is 12.0 Å². The summed E-state index contributed by atoms with van der Waals surface area (Å²) in [7, 11) is 0. The number of halogens is 1. The van der Waals surface area contributed by atoms with Gasteiger partial charge in [0.25, 0.3) is 0 Å². The molecule has 0 saturated heterocycles. The first-order valence-electron chi connectivity index (χ1n) is 3.79. The number of nitrogens with one attached hydrogen (secondary N) is 1. The van der Waals surface area contributed by atoms with Crippen molar-refractivity contribution in [3.05, 3.63) is 24.9 Å². The second-order valence-corrected chi connectivity index (χ2v) is 2.35. The highest BCUT2D eigenvalue weighted by Gasteiger charge is 2.00. The van der Waals surface area contributed by atoms with E-state index in [1.54, 1.807) is 12.3 Å². The Bertz CT molecular complexity index is 308. The number of nitrogens with zero attached hydrogens (tertiary/aromatic N) is 2. The molecule has 1 N–H and O–H groups in total. The standard InChI is InChI=1S/C8H10FN3O/c1-2-8(13)10-7-3-5-12(11-7)6-4-9/h2-3,5H,1,4,6H2,(H,10,11,13). The summed E-state index contributed by atoms with van der Waals surface area (Å²) in [5, 5.41) is 6.34. The van der Waals surface area contributed by atoms with Crippen molar-refractivity contribution in [3.63, 3.8) is 0 Å². The van der Waals surface area contributed by atoms with E-state index in [2.05, 4.69) is 17.0 Å². The SMILES string of the molecule is C=CC(=O)Nc1ccn(CCF)n1. The van der Waals surface area contributed by atoms with Gasteiger partial charge in [0.05, 0.1) is 6.54 Å². The van der Waals surface area contributed by atoms with Crippen LogP contribution in [0.3, 0.4) is 0 Å². The number of amides is 1. The van der Waals surface area contributed by atoms with Crippen molar-refractivity contribution in [3.8, 4) is 0 Å². The van der Waals surface area contributed by atoms with Crippen LogP contribution in [-0.2, 0) is 11.3 Å². The zero-order valence-electron chi connectivity index (χ0n) is 7.03.